The van der Waals surface area contributed by atoms with Crippen molar-refractivity contribution in [2.24, 2.45) is 0 Å². The fourth-order valence-corrected chi connectivity index (χ4v) is 3.06. The highest BCUT2D eigenvalue weighted by Crippen LogP contribution is 2.21. The summed E-state index contributed by atoms with van der Waals surface area (Å²) in [5, 5.41) is 17.8. The molecule has 1 heterocycles. The molecule has 1 aromatic heterocycles. The van der Waals surface area contributed by atoms with Crippen molar-refractivity contribution in [2.75, 3.05) is 20.6 Å². The van der Waals surface area contributed by atoms with E-state index in [0.717, 1.165) is 5.56 Å². The number of nitrogens with zero attached hydrogens (tertiary/aromatic N) is 2. The monoisotopic (exact) mass is 333 g/mol. The van der Waals surface area contributed by atoms with Gasteiger partial charge in [0.15, 0.2) is 0 Å². The van der Waals surface area contributed by atoms with E-state index in [2.05, 4.69) is 10.7 Å². The summed E-state index contributed by atoms with van der Waals surface area (Å²) in [4.78, 5) is 24.7. The summed E-state index contributed by atoms with van der Waals surface area (Å²) < 4.78 is 0. The first kappa shape index (κ1) is 17.1. The molecule has 0 aliphatic heterocycles. The maximum Gasteiger partial charge on any atom is 0.272 e. The predicted octanol–water partition coefficient (Wildman–Crippen LogP) is 3.00. The fraction of sp³-hybridized carbons (Fsp3) is 0.312. The van der Waals surface area contributed by atoms with Crippen LogP contribution in [0.5, 0.6) is 0 Å². The lowest BCUT2D eigenvalue weighted by atomic mass is 10.1. The number of nitrogens with one attached hydrogen (secondary N) is 1. The van der Waals surface area contributed by atoms with Gasteiger partial charge in [-0.25, -0.2) is 0 Å². The molecule has 0 bridgehead atoms. The second kappa shape index (κ2) is 7.34. The van der Waals surface area contributed by atoms with Gasteiger partial charge in [-0.3, -0.25) is 14.9 Å². The minimum Gasteiger partial charge on any atom is -0.350 e. The minimum absolute atomic E-state index is 0.0194. The summed E-state index contributed by atoms with van der Waals surface area (Å²) in [7, 11) is 3.93. The first-order valence-electron chi connectivity index (χ1n) is 7.12. The molecule has 1 aromatic carbocycles. The number of likely N-dealkylation sites (N-methyl/N-ethyl adjacent to an activating group) is 1. The maximum absolute atomic E-state index is 12.3. The van der Waals surface area contributed by atoms with E-state index in [9.17, 15) is 14.9 Å². The van der Waals surface area contributed by atoms with E-state index in [0.29, 0.717) is 17.7 Å². The van der Waals surface area contributed by atoms with E-state index in [1.54, 1.807) is 24.3 Å². The molecule has 0 spiro atoms. The molecular weight excluding hydrogens is 314 g/mol. The van der Waals surface area contributed by atoms with Gasteiger partial charge in [-0.1, -0.05) is 0 Å². The Kier molecular flexibility index (Phi) is 5.46. The molecule has 0 aliphatic rings. The molecule has 0 fully saturated rings. The molecule has 23 heavy (non-hydrogen) atoms. The molecule has 1 N–H and O–H groups in total. The van der Waals surface area contributed by atoms with Crippen LogP contribution in [0, 0.1) is 17.0 Å². The van der Waals surface area contributed by atoms with Crippen molar-refractivity contribution >= 4 is 22.9 Å². The van der Waals surface area contributed by atoms with Gasteiger partial charge in [0, 0.05) is 23.7 Å². The zero-order chi connectivity index (χ0) is 17.0. The van der Waals surface area contributed by atoms with E-state index in [4.69, 9.17) is 0 Å². The van der Waals surface area contributed by atoms with Crippen molar-refractivity contribution in [3.63, 3.8) is 0 Å². The van der Waals surface area contributed by atoms with E-state index in [1.165, 1.54) is 12.1 Å². The van der Waals surface area contributed by atoms with Gasteiger partial charge >= 0.3 is 0 Å². The number of thiophene rings is 1. The minimum atomic E-state index is -0.449. The summed E-state index contributed by atoms with van der Waals surface area (Å²) >= 11 is 1.62. The lowest BCUT2D eigenvalue weighted by Crippen LogP contribution is -2.34. The third-order valence-corrected chi connectivity index (χ3v) is 4.36. The fourth-order valence-electron chi connectivity index (χ4n) is 2.36. The van der Waals surface area contributed by atoms with Crippen molar-refractivity contribution in [3.8, 4) is 0 Å². The molecule has 2 aromatic rings. The average Bonchev–Trinajstić information content (AvgIpc) is 3.00. The second-order valence-electron chi connectivity index (χ2n) is 5.50. The molecule has 0 radical (unpaired) electrons. The summed E-state index contributed by atoms with van der Waals surface area (Å²) in [5.74, 6) is -0.231. The number of hydrogen-bond acceptors (Lipinski definition) is 5. The molecule has 0 saturated heterocycles. The van der Waals surface area contributed by atoms with E-state index in [1.807, 2.05) is 30.4 Å². The average molecular weight is 333 g/mol. The van der Waals surface area contributed by atoms with Crippen LogP contribution in [0.2, 0.25) is 0 Å². The Morgan fingerprint density at radius 1 is 1.39 bits per heavy atom. The van der Waals surface area contributed by atoms with Crippen LogP contribution in [0.3, 0.4) is 0 Å². The van der Waals surface area contributed by atoms with Gasteiger partial charge in [0.05, 0.1) is 11.0 Å². The van der Waals surface area contributed by atoms with Crippen molar-refractivity contribution < 1.29 is 9.72 Å². The number of aryl methyl sites for hydroxylation is 1. The van der Waals surface area contributed by atoms with Gasteiger partial charge in [-0.2, -0.15) is 11.3 Å². The highest BCUT2D eigenvalue weighted by Gasteiger charge is 2.17. The number of hydrogen-bond donors (Lipinski definition) is 1. The quantitative estimate of drug-likeness (QED) is 0.651. The topological polar surface area (TPSA) is 75.5 Å². The third kappa shape index (κ3) is 4.14. The molecule has 2 rings (SSSR count). The highest BCUT2D eigenvalue weighted by atomic mass is 32.1. The van der Waals surface area contributed by atoms with Gasteiger partial charge in [0.2, 0.25) is 0 Å². The lowest BCUT2D eigenvalue weighted by Gasteiger charge is -2.24. The van der Waals surface area contributed by atoms with Crippen LogP contribution in [-0.4, -0.2) is 36.4 Å². The van der Waals surface area contributed by atoms with Crippen LogP contribution >= 0.6 is 11.3 Å². The first-order valence-corrected chi connectivity index (χ1v) is 8.06. The van der Waals surface area contributed by atoms with Crippen LogP contribution in [-0.2, 0) is 0 Å². The number of benzene rings is 1. The number of rotatable bonds is 6. The molecule has 0 unspecified atom stereocenters. The van der Waals surface area contributed by atoms with E-state index >= 15 is 0 Å². The standard InChI is InChI=1S/C16H19N3O3S/c1-11-8-12(4-5-14(11)19(21)22)16(20)17-9-15(18(2)3)13-6-7-23-10-13/h4-8,10,15H,9H2,1-3H3,(H,17,20)/t15-/m1/s1. The Morgan fingerprint density at radius 3 is 2.65 bits per heavy atom. The Morgan fingerprint density at radius 2 is 2.13 bits per heavy atom. The first-order chi connectivity index (χ1) is 10.9. The molecule has 1 atom stereocenters. The van der Waals surface area contributed by atoms with Gasteiger partial charge in [-0.05, 0) is 55.5 Å². The van der Waals surface area contributed by atoms with Crippen LogP contribution in [0.4, 0.5) is 5.69 Å². The number of nitro groups is 1. The zero-order valence-electron chi connectivity index (χ0n) is 13.3. The number of carbonyl (C=O) groups is 1. The van der Waals surface area contributed by atoms with Gasteiger partial charge in [0.1, 0.15) is 0 Å². The summed E-state index contributed by atoms with van der Waals surface area (Å²) in [5.41, 5.74) is 2.08. The van der Waals surface area contributed by atoms with Crippen molar-refractivity contribution in [3.05, 3.63) is 61.8 Å². The van der Waals surface area contributed by atoms with Crippen molar-refractivity contribution in [1.29, 1.82) is 0 Å². The third-order valence-electron chi connectivity index (χ3n) is 3.66. The van der Waals surface area contributed by atoms with Crippen molar-refractivity contribution in [1.82, 2.24) is 10.2 Å². The van der Waals surface area contributed by atoms with Gasteiger partial charge < -0.3 is 10.2 Å². The molecule has 7 heteroatoms. The summed E-state index contributed by atoms with van der Waals surface area (Å²) in [6, 6.07) is 6.52. The summed E-state index contributed by atoms with van der Waals surface area (Å²) in [6.45, 7) is 2.10. The molecule has 1 amide bonds. The van der Waals surface area contributed by atoms with Crippen LogP contribution in [0.1, 0.15) is 27.5 Å². The number of carbonyl (C=O) groups excluding carboxylic acids is 1. The van der Waals surface area contributed by atoms with Crippen LogP contribution in [0.15, 0.2) is 35.0 Å². The van der Waals surface area contributed by atoms with Crippen LogP contribution < -0.4 is 5.32 Å². The lowest BCUT2D eigenvalue weighted by molar-refractivity contribution is -0.385. The van der Waals surface area contributed by atoms with Crippen LogP contribution in [0.25, 0.3) is 0 Å². The molecule has 6 nitrogen and oxygen atoms in total. The Hall–Kier alpha value is -2.25. The van der Waals surface area contributed by atoms with E-state index < -0.39 is 4.92 Å². The SMILES string of the molecule is Cc1cc(C(=O)NC[C@H](c2ccsc2)N(C)C)ccc1[N+](=O)[O-]. The molecular formula is C16H19N3O3S. The maximum atomic E-state index is 12.3. The summed E-state index contributed by atoms with van der Waals surface area (Å²) in [6.07, 6.45) is 0. The van der Waals surface area contributed by atoms with E-state index in [-0.39, 0.29) is 17.6 Å². The highest BCUT2D eigenvalue weighted by molar-refractivity contribution is 7.07. The van der Waals surface area contributed by atoms with Gasteiger partial charge in [0.25, 0.3) is 11.6 Å². The normalized spacial score (nSPS) is 12.2. The zero-order valence-corrected chi connectivity index (χ0v) is 14.1. The second-order valence-corrected chi connectivity index (χ2v) is 6.28. The smallest absolute Gasteiger partial charge is 0.272 e. The molecule has 0 aliphatic carbocycles. The Bertz CT molecular complexity index is 699. The van der Waals surface area contributed by atoms with Gasteiger partial charge in [-0.15, -0.1) is 0 Å². The Balaban J connectivity index is 2.07. The largest absolute Gasteiger partial charge is 0.350 e. The number of nitro benzene ring substituents is 1. The molecule has 122 valence electrons. The predicted molar refractivity (Wildman–Crippen MR) is 90.9 cm³/mol. The van der Waals surface area contributed by atoms with Crippen molar-refractivity contribution in [2.45, 2.75) is 13.0 Å². The molecule has 0 saturated carbocycles. The Labute approximate surface area is 138 Å². The number of amides is 1.